The molecule has 0 radical (unpaired) electrons. The van der Waals surface area contributed by atoms with E-state index in [-0.39, 0.29) is 0 Å². The third-order valence-corrected chi connectivity index (χ3v) is 5.78. The van der Waals surface area contributed by atoms with E-state index in [4.69, 9.17) is 0 Å². The normalized spacial score (nSPS) is 12.4. The maximum atomic E-state index is 2.40. The van der Waals surface area contributed by atoms with Gasteiger partial charge in [0.2, 0.25) is 0 Å². The summed E-state index contributed by atoms with van der Waals surface area (Å²) in [6, 6.07) is 24.2. The summed E-state index contributed by atoms with van der Waals surface area (Å²) in [5.41, 5.74) is 8.48. The number of hydrogen-bond acceptors (Lipinski definition) is 4. The fraction of sp³-hybridized carbons (Fsp3) is 0.280. The lowest BCUT2D eigenvalue weighted by Gasteiger charge is -2.40. The quantitative estimate of drug-likeness (QED) is 0.521. The van der Waals surface area contributed by atoms with Crippen LogP contribution in [0, 0.1) is 0 Å². The number of nitrogens with zero attached hydrogens (tertiary/aromatic N) is 4. The first-order chi connectivity index (χ1) is 14.0. The highest BCUT2D eigenvalue weighted by molar-refractivity contribution is 5.99. The van der Waals surface area contributed by atoms with Crippen molar-refractivity contribution in [3.05, 3.63) is 66.7 Å². The van der Waals surface area contributed by atoms with Crippen LogP contribution in [0.5, 0.6) is 0 Å². The van der Waals surface area contributed by atoms with Crippen molar-refractivity contribution in [3.8, 4) is 0 Å². The van der Waals surface area contributed by atoms with Crippen molar-refractivity contribution < 1.29 is 0 Å². The van der Waals surface area contributed by atoms with Gasteiger partial charge in [0.25, 0.3) is 0 Å². The van der Waals surface area contributed by atoms with E-state index in [1.807, 2.05) is 0 Å². The van der Waals surface area contributed by atoms with Crippen LogP contribution in [-0.4, -0.2) is 34.2 Å². The van der Waals surface area contributed by atoms with Crippen molar-refractivity contribution in [2.45, 2.75) is 13.8 Å². The van der Waals surface area contributed by atoms with Gasteiger partial charge < -0.3 is 19.6 Å². The van der Waals surface area contributed by atoms with E-state index >= 15 is 0 Å². The molecular formula is C25H30N4. The number of fused-ring (bicyclic) bond motifs is 2. The highest BCUT2D eigenvalue weighted by atomic mass is 15.3. The summed E-state index contributed by atoms with van der Waals surface area (Å²) in [5, 5.41) is 0. The number of hydrogen-bond donors (Lipinski definition) is 0. The number of rotatable bonds is 5. The van der Waals surface area contributed by atoms with E-state index in [1.54, 1.807) is 0 Å². The van der Waals surface area contributed by atoms with E-state index in [2.05, 4.69) is 121 Å². The van der Waals surface area contributed by atoms with Gasteiger partial charge in [-0.2, -0.15) is 0 Å². The Balaban J connectivity index is 1.96. The molecule has 0 saturated heterocycles. The summed E-state index contributed by atoms with van der Waals surface area (Å²) >= 11 is 0. The summed E-state index contributed by atoms with van der Waals surface area (Å²) < 4.78 is 0. The second-order valence-corrected chi connectivity index (χ2v) is 7.64. The van der Waals surface area contributed by atoms with Gasteiger partial charge in [-0.05, 0) is 62.4 Å². The first kappa shape index (κ1) is 19.2. The van der Waals surface area contributed by atoms with Crippen molar-refractivity contribution in [3.63, 3.8) is 0 Å². The van der Waals surface area contributed by atoms with Crippen LogP contribution < -0.4 is 19.6 Å². The highest BCUT2D eigenvalue weighted by Gasteiger charge is 2.28. The van der Waals surface area contributed by atoms with Gasteiger partial charge in [0, 0.05) is 51.3 Å². The molecule has 150 valence electrons. The Morgan fingerprint density at radius 1 is 0.690 bits per heavy atom. The maximum Gasteiger partial charge on any atom is 0.0720 e. The predicted octanol–water partition coefficient (Wildman–Crippen LogP) is 6.15. The molecule has 4 nitrogen and oxygen atoms in total. The van der Waals surface area contributed by atoms with Gasteiger partial charge in [-0.25, -0.2) is 0 Å². The van der Waals surface area contributed by atoms with E-state index < -0.39 is 0 Å². The van der Waals surface area contributed by atoms with Crippen LogP contribution in [0.2, 0.25) is 0 Å². The molecule has 3 aromatic rings. The van der Waals surface area contributed by atoms with Crippen LogP contribution in [-0.2, 0) is 0 Å². The zero-order chi connectivity index (χ0) is 20.5. The molecule has 1 heterocycles. The van der Waals surface area contributed by atoms with Crippen molar-refractivity contribution in [2.24, 2.45) is 0 Å². The van der Waals surface area contributed by atoms with Crippen molar-refractivity contribution in [1.82, 2.24) is 0 Å². The molecule has 0 bridgehead atoms. The molecule has 0 unspecified atom stereocenters. The smallest absolute Gasteiger partial charge is 0.0720 e. The topological polar surface area (TPSA) is 13.0 Å². The molecule has 29 heavy (non-hydrogen) atoms. The Bertz CT molecular complexity index is 993. The van der Waals surface area contributed by atoms with Crippen LogP contribution in [0.3, 0.4) is 0 Å². The molecule has 0 amide bonds. The van der Waals surface area contributed by atoms with Crippen LogP contribution in [0.4, 0.5) is 39.8 Å². The van der Waals surface area contributed by atoms with E-state index in [0.29, 0.717) is 0 Å². The van der Waals surface area contributed by atoms with Gasteiger partial charge in [-0.15, -0.1) is 0 Å². The minimum atomic E-state index is 0.998. The Labute approximate surface area is 174 Å². The summed E-state index contributed by atoms with van der Waals surface area (Å²) in [7, 11) is 6.34. The molecule has 0 fully saturated rings. The monoisotopic (exact) mass is 386 g/mol. The first-order valence-corrected chi connectivity index (χ1v) is 10.3. The molecule has 1 aliphatic rings. The van der Waals surface area contributed by atoms with E-state index in [0.717, 1.165) is 13.1 Å². The number of para-hydroxylation sites is 1. The van der Waals surface area contributed by atoms with Crippen LogP contribution in [0.1, 0.15) is 13.8 Å². The van der Waals surface area contributed by atoms with Crippen molar-refractivity contribution in [1.29, 1.82) is 0 Å². The summed E-state index contributed by atoms with van der Waals surface area (Å²) in [4.78, 5) is 9.25. The molecule has 0 saturated carbocycles. The summed E-state index contributed by atoms with van der Waals surface area (Å²) in [5.74, 6) is 0. The molecule has 4 heteroatoms. The summed E-state index contributed by atoms with van der Waals surface area (Å²) in [6.45, 7) is 6.42. The predicted molar refractivity (Wildman–Crippen MR) is 127 cm³/mol. The van der Waals surface area contributed by atoms with Gasteiger partial charge in [-0.1, -0.05) is 18.2 Å². The van der Waals surface area contributed by atoms with E-state index in [1.165, 1.54) is 39.8 Å². The van der Waals surface area contributed by atoms with Gasteiger partial charge >= 0.3 is 0 Å². The third kappa shape index (κ3) is 3.29. The SMILES string of the molecule is CCN(CC)c1ccc2c(c1)N(c1ccccc1)c1cc(N(C)C)ccc1N2C. The Morgan fingerprint density at radius 3 is 1.79 bits per heavy atom. The lowest BCUT2D eigenvalue weighted by molar-refractivity contribution is 0.866. The molecule has 0 aromatic heterocycles. The average Bonchev–Trinajstić information content (AvgIpc) is 2.75. The van der Waals surface area contributed by atoms with Gasteiger partial charge in [-0.3, -0.25) is 0 Å². The zero-order valence-electron chi connectivity index (χ0n) is 18.1. The lowest BCUT2D eigenvalue weighted by atomic mass is 10.0. The minimum absolute atomic E-state index is 0.998. The Kier molecular flexibility index (Phi) is 5.10. The lowest BCUT2D eigenvalue weighted by Crippen LogP contribution is -2.26. The minimum Gasteiger partial charge on any atom is -0.378 e. The van der Waals surface area contributed by atoms with Gasteiger partial charge in [0.05, 0.1) is 22.7 Å². The Hall–Kier alpha value is -3.14. The van der Waals surface area contributed by atoms with Crippen LogP contribution in [0.15, 0.2) is 66.7 Å². The third-order valence-electron chi connectivity index (χ3n) is 5.78. The van der Waals surface area contributed by atoms with Crippen molar-refractivity contribution in [2.75, 3.05) is 53.8 Å². The summed E-state index contributed by atoms with van der Waals surface area (Å²) in [6.07, 6.45) is 0. The van der Waals surface area contributed by atoms with Crippen LogP contribution in [0.25, 0.3) is 0 Å². The zero-order valence-corrected chi connectivity index (χ0v) is 18.1. The fourth-order valence-corrected chi connectivity index (χ4v) is 4.13. The molecule has 0 aliphatic carbocycles. The molecule has 0 N–H and O–H groups in total. The molecule has 1 aliphatic heterocycles. The van der Waals surface area contributed by atoms with Gasteiger partial charge in [0.15, 0.2) is 0 Å². The second kappa shape index (κ2) is 7.70. The molecule has 0 atom stereocenters. The Morgan fingerprint density at radius 2 is 1.24 bits per heavy atom. The number of anilines is 7. The van der Waals surface area contributed by atoms with Crippen molar-refractivity contribution >= 4 is 39.8 Å². The largest absolute Gasteiger partial charge is 0.378 e. The van der Waals surface area contributed by atoms with Gasteiger partial charge in [0.1, 0.15) is 0 Å². The molecule has 0 spiro atoms. The van der Waals surface area contributed by atoms with Crippen LogP contribution >= 0.6 is 0 Å². The first-order valence-electron chi connectivity index (χ1n) is 10.3. The standard InChI is InChI=1S/C25H30N4/c1-6-28(7-2)21-14-16-23-25(18-21)29(19-11-9-8-10-12-19)24-17-20(26(3)4)13-15-22(24)27(23)5/h8-18H,6-7H2,1-5H3. The number of benzene rings is 3. The average molecular weight is 387 g/mol. The second-order valence-electron chi connectivity index (χ2n) is 7.64. The van der Waals surface area contributed by atoms with E-state index in [9.17, 15) is 0 Å². The maximum absolute atomic E-state index is 2.40. The molecule has 3 aromatic carbocycles. The molecule has 4 rings (SSSR count). The fourth-order valence-electron chi connectivity index (χ4n) is 4.13. The molecular weight excluding hydrogens is 356 g/mol. The highest BCUT2D eigenvalue weighted by Crippen LogP contribution is 2.52.